The van der Waals surface area contributed by atoms with Crippen LogP contribution in [0, 0.1) is 0 Å². The predicted octanol–water partition coefficient (Wildman–Crippen LogP) is 3.25. The first-order valence-corrected chi connectivity index (χ1v) is 11.3. The Labute approximate surface area is 198 Å². The van der Waals surface area contributed by atoms with Crippen LogP contribution in [0.5, 0.6) is 0 Å². The van der Waals surface area contributed by atoms with Crippen LogP contribution >= 0.6 is 24.0 Å². The van der Waals surface area contributed by atoms with E-state index in [1.807, 2.05) is 7.05 Å². The molecule has 30 heavy (non-hydrogen) atoms. The molecule has 1 N–H and O–H groups in total. The fraction of sp³-hybridized carbons (Fsp3) is 0.696. The minimum Gasteiger partial charge on any atom is -0.375 e. The van der Waals surface area contributed by atoms with Gasteiger partial charge in [-0.05, 0) is 49.9 Å². The lowest BCUT2D eigenvalue weighted by atomic mass is 10.0. The Morgan fingerprint density at radius 3 is 2.50 bits per heavy atom. The molecule has 0 aliphatic carbocycles. The monoisotopic (exact) mass is 528 g/mol. The number of benzene rings is 1. The van der Waals surface area contributed by atoms with Crippen molar-refractivity contribution in [1.29, 1.82) is 0 Å². The summed E-state index contributed by atoms with van der Waals surface area (Å²) in [6.45, 7) is 7.62. The van der Waals surface area contributed by atoms with E-state index in [1.54, 1.807) is 0 Å². The van der Waals surface area contributed by atoms with Crippen LogP contribution in [0.2, 0.25) is 0 Å². The number of morpholine rings is 1. The molecule has 3 saturated heterocycles. The highest BCUT2D eigenvalue weighted by atomic mass is 127. The zero-order valence-corrected chi connectivity index (χ0v) is 20.6. The molecular weight excluding hydrogens is 491 g/mol. The summed E-state index contributed by atoms with van der Waals surface area (Å²) in [5.74, 6) is 0.962. The van der Waals surface area contributed by atoms with Crippen molar-refractivity contribution in [3.8, 4) is 0 Å². The van der Waals surface area contributed by atoms with Gasteiger partial charge in [0.15, 0.2) is 5.96 Å². The van der Waals surface area contributed by atoms with E-state index in [9.17, 15) is 0 Å². The summed E-state index contributed by atoms with van der Waals surface area (Å²) in [6, 6.07) is 8.82. The normalized spacial score (nSPS) is 25.8. The second-order valence-electron chi connectivity index (χ2n) is 8.41. The molecular formula is C23H37IN4O2. The fourth-order valence-corrected chi connectivity index (χ4v) is 4.74. The summed E-state index contributed by atoms with van der Waals surface area (Å²) in [5, 5.41) is 3.61. The van der Waals surface area contributed by atoms with Crippen LogP contribution in [-0.2, 0) is 22.6 Å². The number of hydrogen-bond donors (Lipinski definition) is 1. The Balaban J connectivity index is 0.00000256. The quantitative estimate of drug-likeness (QED) is 0.362. The lowest BCUT2D eigenvalue weighted by molar-refractivity contribution is -0.0817. The molecule has 7 heteroatoms. The van der Waals surface area contributed by atoms with Gasteiger partial charge in [-0.1, -0.05) is 30.7 Å². The number of hydrogen-bond acceptors (Lipinski definition) is 4. The molecule has 3 heterocycles. The predicted molar refractivity (Wildman–Crippen MR) is 131 cm³/mol. The number of aliphatic imine (C=N–C) groups is 1. The Hall–Kier alpha value is -0.900. The summed E-state index contributed by atoms with van der Waals surface area (Å²) < 4.78 is 11.9. The van der Waals surface area contributed by atoms with Gasteiger partial charge in [-0.15, -0.1) is 24.0 Å². The average molecular weight is 528 g/mol. The van der Waals surface area contributed by atoms with Crippen LogP contribution < -0.4 is 5.32 Å². The van der Waals surface area contributed by atoms with Crippen LogP contribution in [0.3, 0.4) is 0 Å². The van der Waals surface area contributed by atoms with Crippen molar-refractivity contribution in [3.63, 3.8) is 0 Å². The number of piperidine rings is 1. The van der Waals surface area contributed by atoms with Gasteiger partial charge in [-0.2, -0.15) is 0 Å². The third-order valence-corrected chi connectivity index (χ3v) is 6.38. The first-order valence-electron chi connectivity index (χ1n) is 11.3. The molecule has 1 aromatic rings. The van der Waals surface area contributed by atoms with Crippen LogP contribution in [0.15, 0.2) is 29.3 Å². The van der Waals surface area contributed by atoms with Crippen molar-refractivity contribution in [3.05, 3.63) is 35.4 Å². The summed E-state index contributed by atoms with van der Waals surface area (Å²) in [6.07, 6.45) is 6.67. The molecule has 0 radical (unpaired) electrons. The van der Waals surface area contributed by atoms with Crippen molar-refractivity contribution in [1.82, 2.24) is 15.1 Å². The molecule has 4 rings (SSSR count). The van der Waals surface area contributed by atoms with E-state index in [-0.39, 0.29) is 36.2 Å². The highest BCUT2D eigenvalue weighted by Gasteiger charge is 2.32. The maximum Gasteiger partial charge on any atom is 0.194 e. The fourth-order valence-electron chi connectivity index (χ4n) is 4.74. The molecule has 0 saturated carbocycles. The molecule has 1 aromatic carbocycles. The Morgan fingerprint density at radius 1 is 1.00 bits per heavy atom. The maximum atomic E-state index is 6.00. The number of ether oxygens (including phenoxy) is 2. The van der Waals surface area contributed by atoms with Gasteiger partial charge < -0.3 is 19.7 Å². The van der Waals surface area contributed by atoms with E-state index in [0.29, 0.717) is 0 Å². The third kappa shape index (κ3) is 6.31. The average Bonchev–Trinajstić information content (AvgIpc) is 3.31. The molecule has 0 bridgehead atoms. The first kappa shape index (κ1) is 23.8. The summed E-state index contributed by atoms with van der Waals surface area (Å²) in [7, 11) is 1.87. The van der Waals surface area contributed by atoms with Crippen molar-refractivity contribution in [2.75, 3.05) is 46.4 Å². The van der Waals surface area contributed by atoms with Crippen molar-refractivity contribution in [2.24, 2.45) is 4.99 Å². The molecule has 3 fully saturated rings. The molecule has 168 valence electrons. The van der Waals surface area contributed by atoms with Crippen molar-refractivity contribution >= 4 is 29.9 Å². The maximum absolute atomic E-state index is 6.00. The number of guanidine groups is 1. The van der Waals surface area contributed by atoms with Crippen LogP contribution in [0.4, 0.5) is 0 Å². The van der Waals surface area contributed by atoms with Crippen LogP contribution in [-0.4, -0.2) is 74.4 Å². The minimum absolute atomic E-state index is 0. The number of halogens is 1. The highest BCUT2D eigenvalue weighted by Crippen LogP contribution is 2.21. The largest absolute Gasteiger partial charge is 0.375 e. The van der Waals surface area contributed by atoms with Crippen LogP contribution in [0.25, 0.3) is 0 Å². The van der Waals surface area contributed by atoms with Gasteiger partial charge in [0.2, 0.25) is 0 Å². The molecule has 3 aliphatic heterocycles. The van der Waals surface area contributed by atoms with E-state index >= 15 is 0 Å². The molecule has 0 spiro atoms. The highest BCUT2D eigenvalue weighted by molar-refractivity contribution is 14.0. The summed E-state index contributed by atoms with van der Waals surface area (Å²) in [5.41, 5.74) is 2.79. The minimum atomic E-state index is 0. The molecule has 0 amide bonds. The zero-order chi connectivity index (χ0) is 19.9. The van der Waals surface area contributed by atoms with Crippen LogP contribution in [0.1, 0.15) is 43.2 Å². The van der Waals surface area contributed by atoms with E-state index in [1.165, 1.54) is 43.5 Å². The first-order chi connectivity index (χ1) is 14.3. The summed E-state index contributed by atoms with van der Waals surface area (Å²) >= 11 is 0. The number of nitrogens with zero attached hydrogens (tertiary/aromatic N) is 3. The topological polar surface area (TPSA) is 49.3 Å². The lowest BCUT2D eigenvalue weighted by Gasteiger charge is -2.37. The smallest absolute Gasteiger partial charge is 0.194 e. The molecule has 2 atom stereocenters. The molecule has 6 nitrogen and oxygen atoms in total. The Kier molecular flexibility index (Phi) is 9.67. The second-order valence-corrected chi connectivity index (χ2v) is 8.41. The number of nitrogens with one attached hydrogen (secondary N) is 1. The standard InChI is InChI=1S/C23H36N4O2.HI/c1-24-23(27-13-15-29-22(18-27)21-10-7-14-28-21)25-16-19-8-3-4-9-20(19)17-26-11-5-2-6-12-26;/h3-4,8-9,21-22H,2,5-7,10-18H2,1H3,(H,24,25);1H. The van der Waals surface area contributed by atoms with Gasteiger partial charge in [0.1, 0.15) is 6.10 Å². The van der Waals surface area contributed by atoms with Gasteiger partial charge in [0.25, 0.3) is 0 Å². The number of rotatable bonds is 5. The SMILES string of the molecule is CN=C(NCc1ccccc1CN1CCCCC1)N1CCOC(C2CCCO2)C1.I. The Morgan fingerprint density at radius 2 is 1.77 bits per heavy atom. The third-order valence-electron chi connectivity index (χ3n) is 6.38. The van der Waals surface area contributed by atoms with E-state index in [0.717, 1.165) is 58.2 Å². The van der Waals surface area contributed by atoms with Gasteiger partial charge in [0.05, 0.1) is 12.7 Å². The summed E-state index contributed by atoms with van der Waals surface area (Å²) in [4.78, 5) is 9.47. The van der Waals surface area contributed by atoms with E-state index < -0.39 is 0 Å². The van der Waals surface area contributed by atoms with Gasteiger partial charge in [-0.3, -0.25) is 9.89 Å². The van der Waals surface area contributed by atoms with Crippen molar-refractivity contribution in [2.45, 2.75) is 57.4 Å². The molecule has 2 unspecified atom stereocenters. The lowest BCUT2D eigenvalue weighted by Crippen LogP contribution is -2.53. The van der Waals surface area contributed by atoms with Gasteiger partial charge in [0, 0.05) is 39.8 Å². The van der Waals surface area contributed by atoms with Gasteiger partial charge >= 0.3 is 0 Å². The molecule has 0 aromatic heterocycles. The second kappa shape index (κ2) is 12.2. The molecule has 3 aliphatic rings. The van der Waals surface area contributed by atoms with E-state index in [4.69, 9.17) is 9.47 Å². The van der Waals surface area contributed by atoms with Crippen molar-refractivity contribution < 1.29 is 9.47 Å². The van der Waals surface area contributed by atoms with E-state index in [2.05, 4.69) is 44.4 Å². The zero-order valence-electron chi connectivity index (χ0n) is 18.2. The Bertz CT molecular complexity index is 675. The number of likely N-dealkylation sites (tertiary alicyclic amines) is 1. The van der Waals surface area contributed by atoms with Gasteiger partial charge in [-0.25, -0.2) is 0 Å².